The van der Waals surface area contributed by atoms with Crippen molar-refractivity contribution in [1.82, 2.24) is 25.1 Å². The summed E-state index contributed by atoms with van der Waals surface area (Å²) in [6, 6.07) is 19.2. The lowest BCUT2D eigenvalue weighted by molar-refractivity contribution is -0.189. The van der Waals surface area contributed by atoms with E-state index in [1.165, 1.54) is 11.1 Å². The fourth-order valence-electron chi connectivity index (χ4n) is 4.68. The Morgan fingerprint density at radius 2 is 1.85 bits per heavy atom. The molecule has 196 valence electrons. The van der Waals surface area contributed by atoms with Crippen molar-refractivity contribution in [3.8, 4) is 17.1 Å². The zero-order valence-electron chi connectivity index (χ0n) is 20.7. The molecule has 0 radical (unpaired) electrons. The molecule has 11 nitrogen and oxygen atoms in total. The third kappa shape index (κ3) is 4.65. The number of ether oxygens (including phenoxy) is 2. The number of nitrogens with two attached hydrogens (primary N) is 1. The fourth-order valence-corrected chi connectivity index (χ4v) is 4.68. The third-order valence-corrected chi connectivity index (χ3v) is 6.57. The van der Waals surface area contributed by atoms with Crippen LogP contribution in [0.4, 0.5) is 0 Å². The summed E-state index contributed by atoms with van der Waals surface area (Å²) in [5.41, 5.74) is 9.73. The van der Waals surface area contributed by atoms with E-state index in [0.717, 1.165) is 11.1 Å². The van der Waals surface area contributed by atoms with Crippen molar-refractivity contribution in [2.45, 2.75) is 18.2 Å². The number of fused-ring (bicyclic) bond motifs is 1. The number of carbonyl (C=O) groups excluding carboxylic acids is 2. The molecule has 1 fully saturated rings. The van der Waals surface area contributed by atoms with Crippen molar-refractivity contribution >= 4 is 22.9 Å². The average Bonchev–Trinajstić information content (AvgIpc) is 3.74. The summed E-state index contributed by atoms with van der Waals surface area (Å²) in [5, 5.41) is 7.57. The van der Waals surface area contributed by atoms with Gasteiger partial charge >= 0.3 is 0 Å². The highest BCUT2D eigenvalue weighted by atomic mass is 16.7. The largest absolute Gasteiger partial charge is 0.443 e. The van der Waals surface area contributed by atoms with Gasteiger partial charge in [0.2, 0.25) is 0 Å². The van der Waals surface area contributed by atoms with E-state index >= 15 is 0 Å². The number of aromatic nitrogens is 4. The standard InChI is InChI=1S/C28H24N6O5/c29-27(36)28(38-13-14-39-28)24(15-18-5-2-1-3-6-18)32-26(35)20-7-4-11-30-25(20)34-12-10-21(33-34)19-8-9-23-22(16-19)31-17-37-23/h1-12,16-17,24H,13-15H2,(H2,29,36)(H,32,35). The van der Waals surface area contributed by atoms with Gasteiger partial charge in [0.1, 0.15) is 5.52 Å². The van der Waals surface area contributed by atoms with Gasteiger partial charge in [-0.05, 0) is 48.4 Å². The number of rotatable bonds is 8. The van der Waals surface area contributed by atoms with Gasteiger partial charge in [-0.1, -0.05) is 30.3 Å². The first-order valence-corrected chi connectivity index (χ1v) is 12.3. The van der Waals surface area contributed by atoms with Crippen molar-refractivity contribution < 1.29 is 23.5 Å². The van der Waals surface area contributed by atoms with Crippen molar-refractivity contribution in [3.05, 3.63) is 96.6 Å². The van der Waals surface area contributed by atoms with E-state index in [1.54, 1.807) is 24.5 Å². The summed E-state index contributed by atoms with van der Waals surface area (Å²) in [6.07, 6.45) is 4.93. The topological polar surface area (TPSA) is 147 Å². The summed E-state index contributed by atoms with van der Waals surface area (Å²) in [4.78, 5) is 34.8. The lowest BCUT2D eigenvalue weighted by Gasteiger charge is -2.33. The highest BCUT2D eigenvalue weighted by Crippen LogP contribution is 2.27. The number of nitrogens with zero attached hydrogens (tertiary/aromatic N) is 4. The third-order valence-electron chi connectivity index (χ3n) is 6.57. The number of nitrogens with one attached hydrogen (secondary N) is 1. The van der Waals surface area contributed by atoms with Crippen LogP contribution in [0.3, 0.4) is 0 Å². The number of hydrogen-bond acceptors (Lipinski definition) is 8. The SMILES string of the molecule is NC(=O)C1(C(Cc2ccccc2)NC(=O)c2cccnc2-n2ccc(-c3ccc4ocnc4c3)n2)OCCO1. The molecular weight excluding hydrogens is 500 g/mol. The maximum absolute atomic E-state index is 13.7. The molecule has 0 bridgehead atoms. The minimum Gasteiger partial charge on any atom is -0.443 e. The second-order valence-electron chi connectivity index (χ2n) is 9.00. The van der Waals surface area contributed by atoms with Crippen LogP contribution in [0, 0.1) is 0 Å². The van der Waals surface area contributed by atoms with Gasteiger partial charge in [0, 0.05) is 18.0 Å². The molecule has 1 atom stereocenters. The van der Waals surface area contributed by atoms with Crippen LogP contribution in [-0.4, -0.2) is 56.6 Å². The monoisotopic (exact) mass is 524 g/mol. The zero-order chi connectivity index (χ0) is 26.8. The normalized spacial score (nSPS) is 15.3. The van der Waals surface area contributed by atoms with E-state index in [4.69, 9.17) is 19.6 Å². The van der Waals surface area contributed by atoms with E-state index in [9.17, 15) is 9.59 Å². The number of oxazole rings is 1. The van der Waals surface area contributed by atoms with Gasteiger partial charge in [-0.2, -0.15) is 5.10 Å². The van der Waals surface area contributed by atoms with Crippen LogP contribution in [0.25, 0.3) is 28.2 Å². The van der Waals surface area contributed by atoms with Crippen molar-refractivity contribution in [1.29, 1.82) is 0 Å². The molecule has 0 spiro atoms. The van der Waals surface area contributed by atoms with Crippen LogP contribution in [0.5, 0.6) is 0 Å². The fraction of sp³-hybridized carbons (Fsp3) is 0.179. The van der Waals surface area contributed by atoms with Crippen LogP contribution in [0.2, 0.25) is 0 Å². The van der Waals surface area contributed by atoms with Gasteiger partial charge in [0.05, 0.1) is 30.5 Å². The predicted octanol–water partition coefficient (Wildman–Crippen LogP) is 2.65. The summed E-state index contributed by atoms with van der Waals surface area (Å²) in [6.45, 7) is 0.358. The van der Waals surface area contributed by atoms with Crippen molar-refractivity contribution in [2.24, 2.45) is 5.73 Å². The van der Waals surface area contributed by atoms with E-state index in [2.05, 4.69) is 20.4 Å². The zero-order valence-corrected chi connectivity index (χ0v) is 20.7. The molecule has 1 unspecified atom stereocenters. The van der Waals surface area contributed by atoms with Gasteiger partial charge in [0.25, 0.3) is 17.6 Å². The molecule has 4 heterocycles. The first kappa shape index (κ1) is 24.5. The highest BCUT2D eigenvalue weighted by molar-refractivity contribution is 5.98. The van der Waals surface area contributed by atoms with Crippen LogP contribution < -0.4 is 11.1 Å². The molecule has 6 rings (SSSR count). The molecular formula is C28H24N6O5. The Hall–Kier alpha value is -4.87. The molecule has 0 aliphatic carbocycles. The molecule has 11 heteroatoms. The Labute approximate surface area is 222 Å². The van der Waals surface area contributed by atoms with E-state index in [0.29, 0.717) is 22.6 Å². The first-order valence-electron chi connectivity index (χ1n) is 12.3. The van der Waals surface area contributed by atoms with Gasteiger partial charge in [-0.3, -0.25) is 9.59 Å². The second kappa shape index (κ2) is 10.1. The minimum absolute atomic E-state index is 0.179. The van der Waals surface area contributed by atoms with Crippen molar-refractivity contribution in [2.75, 3.05) is 13.2 Å². The molecule has 2 aromatic carbocycles. The van der Waals surface area contributed by atoms with Crippen LogP contribution in [-0.2, 0) is 20.7 Å². The van der Waals surface area contributed by atoms with Gasteiger partial charge in [-0.25, -0.2) is 14.6 Å². The molecule has 3 N–H and O–H groups in total. The smallest absolute Gasteiger partial charge is 0.280 e. The summed E-state index contributed by atoms with van der Waals surface area (Å²) >= 11 is 0. The maximum atomic E-state index is 13.7. The number of hydrogen-bond donors (Lipinski definition) is 2. The lowest BCUT2D eigenvalue weighted by Crippen LogP contribution is -2.61. The Morgan fingerprint density at radius 3 is 2.64 bits per heavy atom. The van der Waals surface area contributed by atoms with Crippen LogP contribution >= 0.6 is 0 Å². The van der Waals surface area contributed by atoms with Gasteiger partial charge in [0.15, 0.2) is 17.8 Å². The van der Waals surface area contributed by atoms with Crippen LogP contribution in [0.15, 0.2) is 89.9 Å². The van der Waals surface area contributed by atoms with Crippen LogP contribution in [0.1, 0.15) is 15.9 Å². The quantitative estimate of drug-likeness (QED) is 0.315. The minimum atomic E-state index is -1.80. The summed E-state index contributed by atoms with van der Waals surface area (Å²) in [7, 11) is 0. The Balaban J connectivity index is 1.31. The summed E-state index contributed by atoms with van der Waals surface area (Å²) < 4.78 is 18.3. The molecule has 0 saturated carbocycles. The number of primary amides is 1. The first-order chi connectivity index (χ1) is 19.0. The number of pyridine rings is 1. The summed E-state index contributed by atoms with van der Waals surface area (Å²) in [5.74, 6) is -2.79. The number of benzene rings is 2. The molecule has 1 aliphatic heterocycles. The van der Waals surface area contributed by atoms with Gasteiger partial charge in [-0.15, -0.1) is 0 Å². The average molecular weight is 525 g/mol. The second-order valence-corrected chi connectivity index (χ2v) is 9.00. The Kier molecular flexibility index (Phi) is 6.35. The van der Waals surface area contributed by atoms with E-state index in [1.807, 2.05) is 54.6 Å². The van der Waals surface area contributed by atoms with E-state index in [-0.39, 0.29) is 25.2 Å². The maximum Gasteiger partial charge on any atom is 0.280 e. The molecule has 1 saturated heterocycles. The Morgan fingerprint density at radius 1 is 1.03 bits per heavy atom. The number of amides is 2. The molecule has 5 aromatic rings. The van der Waals surface area contributed by atoms with Gasteiger partial charge < -0.3 is 24.9 Å². The molecule has 39 heavy (non-hydrogen) atoms. The lowest BCUT2D eigenvalue weighted by atomic mass is 9.97. The Bertz CT molecular complexity index is 1640. The predicted molar refractivity (Wildman–Crippen MR) is 140 cm³/mol. The van der Waals surface area contributed by atoms with Crippen molar-refractivity contribution in [3.63, 3.8) is 0 Å². The molecule has 2 amide bonds. The molecule has 3 aromatic heterocycles. The van der Waals surface area contributed by atoms with E-state index < -0.39 is 23.6 Å². The molecule has 1 aliphatic rings. The highest BCUT2D eigenvalue weighted by Gasteiger charge is 2.51. The number of carbonyl (C=O) groups is 2.